The van der Waals surface area contributed by atoms with Gasteiger partial charge in [0.2, 0.25) is 0 Å². The quantitative estimate of drug-likeness (QED) is 0.943. The van der Waals surface area contributed by atoms with Gasteiger partial charge in [0, 0.05) is 24.7 Å². The molecular weight excluding hydrogens is 290 g/mol. The van der Waals surface area contributed by atoms with Crippen LogP contribution in [0.25, 0.3) is 0 Å². The van der Waals surface area contributed by atoms with Crippen molar-refractivity contribution in [1.29, 1.82) is 0 Å². The number of hydrogen-bond donors (Lipinski definition) is 1. The highest BCUT2D eigenvalue weighted by Crippen LogP contribution is 2.26. The van der Waals surface area contributed by atoms with Crippen LogP contribution in [-0.4, -0.2) is 28.8 Å². The highest BCUT2D eigenvalue weighted by atomic mass is 16.5. The maximum Gasteiger partial charge on any atom is 0.255 e. The van der Waals surface area contributed by atoms with Gasteiger partial charge in [-0.15, -0.1) is 0 Å². The molecule has 5 nitrogen and oxygen atoms in total. The summed E-state index contributed by atoms with van der Waals surface area (Å²) in [6.45, 7) is 7.88. The number of amides is 1. The van der Waals surface area contributed by atoms with E-state index in [2.05, 4.69) is 16.5 Å². The van der Waals surface area contributed by atoms with Gasteiger partial charge in [0.25, 0.3) is 5.91 Å². The summed E-state index contributed by atoms with van der Waals surface area (Å²) in [4.78, 5) is 12.5. The topological polar surface area (TPSA) is 56.2 Å². The van der Waals surface area contributed by atoms with Gasteiger partial charge in [0.05, 0.1) is 17.9 Å². The minimum Gasteiger partial charge on any atom is -0.493 e. The summed E-state index contributed by atoms with van der Waals surface area (Å²) >= 11 is 0. The Morgan fingerprint density at radius 2 is 2.17 bits per heavy atom. The molecule has 0 unspecified atom stereocenters. The zero-order valence-electron chi connectivity index (χ0n) is 13.9. The predicted octanol–water partition coefficient (Wildman–Crippen LogP) is 2.50. The summed E-state index contributed by atoms with van der Waals surface area (Å²) in [6.07, 6.45) is 0.933. The fourth-order valence-electron chi connectivity index (χ4n) is 3.18. The number of para-hydroxylation sites is 1. The van der Waals surface area contributed by atoms with Gasteiger partial charge in [-0.25, -0.2) is 0 Å². The number of benzene rings is 1. The second kappa shape index (κ2) is 6.44. The van der Waals surface area contributed by atoms with E-state index in [1.807, 2.05) is 43.7 Å². The molecule has 0 bridgehead atoms. The lowest BCUT2D eigenvalue weighted by Gasteiger charge is -2.25. The summed E-state index contributed by atoms with van der Waals surface area (Å²) in [7, 11) is 0. The highest BCUT2D eigenvalue weighted by molar-refractivity contribution is 5.96. The van der Waals surface area contributed by atoms with Crippen molar-refractivity contribution in [2.45, 2.75) is 33.7 Å². The number of carbonyl (C=O) groups is 1. The van der Waals surface area contributed by atoms with Gasteiger partial charge in [-0.3, -0.25) is 9.48 Å². The molecule has 0 spiro atoms. The van der Waals surface area contributed by atoms with Gasteiger partial charge >= 0.3 is 0 Å². The number of hydrogen-bond acceptors (Lipinski definition) is 3. The van der Waals surface area contributed by atoms with Crippen LogP contribution in [0, 0.1) is 19.8 Å². The minimum atomic E-state index is -0.0430. The van der Waals surface area contributed by atoms with Crippen LogP contribution in [0.2, 0.25) is 0 Å². The molecule has 0 saturated carbocycles. The largest absolute Gasteiger partial charge is 0.493 e. The molecule has 1 amide bonds. The first-order valence-corrected chi connectivity index (χ1v) is 8.13. The smallest absolute Gasteiger partial charge is 0.255 e. The average Bonchev–Trinajstić information content (AvgIpc) is 2.86. The number of carbonyl (C=O) groups excluding carboxylic acids is 1. The third-order valence-electron chi connectivity index (χ3n) is 4.42. The minimum absolute atomic E-state index is 0.0430. The fourth-order valence-corrected chi connectivity index (χ4v) is 3.18. The van der Waals surface area contributed by atoms with Gasteiger partial charge in [0.15, 0.2) is 0 Å². The summed E-state index contributed by atoms with van der Waals surface area (Å²) in [5.41, 5.74) is 3.62. The van der Waals surface area contributed by atoms with Crippen molar-refractivity contribution < 1.29 is 9.53 Å². The SMILES string of the molecule is CCn1nc(C)c(C(=O)NC[C@@H]2COc3ccccc3C2)c1C. The van der Waals surface area contributed by atoms with Crippen molar-refractivity contribution in [3.63, 3.8) is 0 Å². The molecule has 1 aliphatic rings. The Hall–Kier alpha value is -2.30. The molecule has 2 heterocycles. The van der Waals surface area contributed by atoms with E-state index in [-0.39, 0.29) is 5.91 Å². The second-order valence-corrected chi connectivity index (χ2v) is 6.06. The zero-order chi connectivity index (χ0) is 16.4. The molecule has 0 fully saturated rings. The van der Waals surface area contributed by atoms with Crippen molar-refractivity contribution in [3.05, 3.63) is 46.8 Å². The molecule has 122 valence electrons. The van der Waals surface area contributed by atoms with Crippen molar-refractivity contribution >= 4 is 5.91 Å². The molecular formula is C18H23N3O2. The molecule has 0 radical (unpaired) electrons. The van der Waals surface area contributed by atoms with Crippen LogP contribution in [0.5, 0.6) is 5.75 Å². The Bertz CT molecular complexity index is 721. The van der Waals surface area contributed by atoms with E-state index in [0.29, 0.717) is 24.6 Å². The summed E-state index contributed by atoms with van der Waals surface area (Å²) in [6, 6.07) is 8.09. The molecule has 1 atom stereocenters. The van der Waals surface area contributed by atoms with E-state index in [1.165, 1.54) is 5.56 Å². The van der Waals surface area contributed by atoms with Crippen LogP contribution in [0.15, 0.2) is 24.3 Å². The Labute approximate surface area is 136 Å². The maximum atomic E-state index is 12.5. The van der Waals surface area contributed by atoms with E-state index in [1.54, 1.807) is 0 Å². The Morgan fingerprint density at radius 1 is 1.39 bits per heavy atom. The van der Waals surface area contributed by atoms with Gasteiger partial charge in [-0.05, 0) is 38.8 Å². The number of fused-ring (bicyclic) bond motifs is 1. The molecule has 1 aromatic carbocycles. The van der Waals surface area contributed by atoms with E-state index >= 15 is 0 Å². The van der Waals surface area contributed by atoms with E-state index in [0.717, 1.165) is 30.1 Å². The zero-order valence-corrected chi connectivity index (χ0v) is 13.9. The first-order chi connectivity index (χ1) is 11.1. The predicted molar refractivity (Wildman–Crippen MR) is 88.8 cm³/mol. The number of nitrogens with one attached hydrogen (secondary N) is 1. The lowest BCUT2D eigenvalue weighted by Crippen LogP contribution is -2.35. The monoisotopic (exact) mass is 313 g/mol. The Kier molecular flexibility index (Phi) is 4.37. The highest BCUT2D eigenvalue weighted by Gasteiger charge is 2.22. The third-order valence-corrected chi connectivity index (χ3v) is 4.42. The van der Waals surface area contributed by atoms with Crippen LogP contribution in [0.3, 0.4) is 0 Å². The van der Waals surface area contributed by atoms with Crippen molar-refractivity contribution in [1.82, 2.24) is 15.1 Å². The number of nitrogens with zero attached hydrogens (tertiary/aromatic N) is 2. The van der Waals surface area contributed by atoms with Crippen LogP contribution in [-0.2, 0) is 13.0 Å². The number of ether oxygens (including phenoxy) is 1. The third kappa shape index (κ3) is 3.09. The maximum absolute atomic E-state index is 12.5. The molecule has 2 aromatic rings. The Balaban J connectivity index is 1.63. The average molecular weight is 313 g/mol. The molecule has 3 rings (SSSR count). The van der Waals surface area contributed by atoms with Gasteiger partial charge in [-0.1, -0.05) is 18.2 Å². The van der Waals surface area contributed by atoms with Gasteiger partial charge < -0.3 is 10.1 Å². The van der Waals surface area contributed by atoms with Gasteiger partial charge in [0.1, 0.15) is 5.75 Å². The molecule has 0 aliphatic carbocycles. The second-order valence-electron chi connectivity index (χ2n) is 6.06. The fraction of sp³-hybridized carbons (Fsp3) is 0.444. The lowest BCUT2D eigenvalue weighted by atomic mass is 9.96. The Morgan fingerprint density at radius 3 is 2.91 bits per heavy atom. The number of aromatic nitrogens is 2. The molecule has 0 saturated heterocycles. The summed E-state index contributed by atoms with van der Waals surface area (Å²) in [5.74, 6) is 1.22. The first kappa shape index (κ1) is 15.6. The van der Waals surface area contributed by atoms with Crippen LogP contribution < -0.4 is 10.1 Å². The lowest BCUT2D eigenvalue weighted by molar-refractivity contribution is 0.0937. The van der Waals surface area contributed by atoms with Crippen molar-refractivity contribution in [2.75, 3.05) is 13.2 Å². The normalized spacial score (nSPS) is 16.6. The van der Waals surface area contributed by atoms with Crippen molar-refractivity contribution in [3.8, 4) is 5.75 Å². The van der Waals surface area contributed by atoms with E-state index < -0.39 is 0 Å². The number of rotatable bonds is 4. The molecule has 1 aromatic heterocycles. The standard InChI is InChI=1S/C18H23N3O2/c1-4-21-13(3)17(12(2)20-21)18(22)19-10-14-9-15-7-5-6-8-16(15)23-11-14/h5-8,14H,4,9-11H2,1-3H3,(H,19,22)/t14-/m1/s1. The van der Waals surface area contributed by atoms with Crippen LogP contribution >= 0.6 is 0 Å². The summed E-state index contributed by atoms with van der Waals surface area (Å²) < 4.78 is 7.64. The summed E-state index contributed by atoms with van der Waals surface area (Å²) in [5, 5.41) is 7.45. The van der Waals surface area contributed by atoms with Crippen LogP contribution in [0.4, 0.5) is 0 Å². The first-order valence-electron chi connectivity index (χ1n) is 8.13. The van der Waals surface area contributed by atoms with E-state index in [4.69, 9.17) is 4.74 Å². The molecule has 23 heavy (non-hydrogen) atoms. The van der Waals surface area contributed by atoms with Gasteiger partial charge in [-0.2, -0.15) is 5.10 Å². The molecule has 1 aliphatic heterocycles. The van der Waals surface area contributed by atoms with E-state index in [9.17, 15) is 4.79 Å². The van der Waals surface area contributed by atoms with Crippen LogP contribution in [0.1, 0.15) is 34.2 Å². The molecule has 1 N–H and O–H groups in total. The molecule has 5 heteroatoms. The number of aryl methyl sites for hydroxylation is 2. The van der Waals surface area contributed by atoms with Crippen molar-refractivity contribution in [2.24, 2.45) is 5.92 Å².